The molecule has 29 heavy (non-hydrogen) atoms. The lowest BCUT2D eigenvalue weighted by Gasteiger charge is -2.20. The summed E-state index contributed by atoms with van der Waals surface area (Å²) >= 11 is 0. The molecule has 2 unspecified atom stereocenters. The van der Waals surface area contributed by atoms with Gasteiger partial charge in [0.2, 0.25) is 0 Å². The summed E-state index contributed by atoms with van der Waals surface area (Å²) in [5, 5.41) is 19.6. The first-order valence-corrected chi connectivity index (χ1v) is 11.5. The molecule has 0 aliphatic carbocycles. The third-order valence-electron chi connectivity index (χ3n) is 5.39. The van der Waals surface area contributed by atoms with Crippen LogP contribution in [0.4, 0.5) is 0 Å². The van der Waals surface area contributed by atoms with E-state index in [1.807, 2.05) is 6.07 Å². The summed E-state index contributed by atoms with van der Waals surface area (Å²) in [5.41, 5.74) is 1.30. The van der Waals surface area contributed by atoms with Crippen LogP contribution in [0.2, 0.25) is 0 Å². The number of sulfone groups is 1. The lowest BCUT2D eigenvalue weighted by molar-refractivity contribution is 0.121. The van der Waals surface area contributed by atoms with Crippen LogP contribution in [0.25, 0.3) is 0 Å². The van der Waals surface area contributed by atoms with Gasteiger partial charge in [0, 0.05) is 31.8 Å². The monoisotopic (exact) mass is 414 g/mol. The highest BCUT2D eigenvalue weighted by atomic mass is 32.2. The zero-order valence-corrected chi connectivity index (χ0v) is 17.5. The van der Waals surface area contributed by atoms with Gasteiger partial charge in [-0.05, 0) is 47.9 Å². The molecule has 0 amide bonds. The van der Waals surface area contributed by atoms with Gasteiger partial charge in [-0.15, -0.1) is 0 Å². The van der Waals surface area contributed by atoms with Crippen molar-refractivity contribution in [2.24, 2.45) is 11.8 Å². The molecule has 1 aliphatic rings. The summed E-state index contributed by atoms with van der Waals surface area (Å²) in [7, 11) is -3.21. The van der Waals surface area contributed by atoms with Gasteiger partial charge in [0.05, 0.1) is 29.2 Å². The Balaban J connectivity index is 1.53. The van der Waals surface area contributed by atoms with Crippen LogP contribution in [0.1, 0.15) is 24.2 Å². The summed E-state index contributed by atoms with van der Waals surface area (Å²) < 4.78 is 28.9. The minimum Gasteiger partial charge on any atom is -0.493 e. The largest absolute Gasteiger partial charge is 0.493 e. The van der Waals surface area contributed by atoms with Crippen molar-refractivity contribution in [2.75, 3.05) is 32.5 Å². The molecule has 154 valence electrons. The molecule has 1 heterocycles. The van der Waals surface area contributed by atoms with E-state index in [9.17, 15) is 13.5 Å². The van der Waals surface area contributed by atoms with E-state index in [0.717, 1.165) is 18.7 Å². The van der Waals surface area contributed by atoms with E-state index in [0.29, 0.717) is 36.3 Å². The average Bonchev–Trinajstić information content (AvgIpc) is 3.05. The van der Waals surface area contributed by atoms with Crippen LogP contribution in [-0.4, -0.2) is 50.9 Å². The van der Waals surface area contributed by atoms with Crippen molar-refractivity contribution in [1.29, 1.82) is 5.26 Å². The number of ether oxygens (including phenoxy) is 1. The van der Waals surface area contributed by atoms with Crippen molar-refractivity contribution < 1.29 is 18.3 Å². The van der Waals surface area contributed by atoms with E-state index in [1.54, 1.807) is 42.5 Å². The number of aliphatic hydroxyl groups is 1. The number of rotatable bonds is 7. The second kappa shape index (κ2) is 8.95. The Kier molecular flexibility index (Phi) is 6.58. The fraction of sp³-hybridized carbons (Fsp3) is 0.409. The lowest BCUT2D eigenvalue weighted by atomic mass is 9.99. The van der Waals surface area contributed by atoms with E-state index < -0.39 is 15.9 Å². The fourth-order valence-electron chi connectivity index (χ4n) is 3.66. The number of β-amino-alcohol motifs (C(OH)–C–C–N with tert-alkyl or cyclic N) is 1. The maximum absolute atomic E-state index is 11.5. The third kappa shape index (κ3) is 5.57. The van der Waals surface area contributed by atoms with Crippen LogP contribution in [0.3, 0.4) is 0 Å². The van der Waals surface area contributed by atoms with Gasteiger partial charge in [0.15, 0.2) is 9.84 Å². The van der Waals surface area contributed by atoms with Gasteiger partial charge in [-0.3, -0.25) is 4.90 Å². The molecule has 0 bridgehead atoms. The lowest BCUT2D eigenvalue weighted by Crippen LogP contribution is -2.27. The number of aliphatic hydroxyl groups excluding tert-OH is 1. The highest BCUT2D eigenvalue weighted by molar-refractivity contribution is 7.90. The second-order valence-electron chi connectivity index (χ2n) is 7.76. The van der Waals surface area contributed by atoms with Gasteiger partial charge < -0.3 is 9.84 Å². The van der Waals surface area contributed by atoms with Crippen LogP contribution >= 0.6 is 0 Å². The van der Waals surface area contributed by atoms with Crippen molar-refractivity contribution in [3.63, 3.8) is 0 Å². The predicted octanol–water partition coefficient (Wildman–Crippen LogP) is 2.64. The van der Waals surface area contributed by atoms with Crippen LogP contribution in [-0.2, 0) is 9.84 Å². The van der Waals surface area contributed by atoms with E-state index in [1.165, 1.54) is 6.26 Å². The standard InChI is InChI=1S/C22H26N2O4S/c1-16-12-24(14-22(25)18-5-3-4-17(10-18)11-23)13-19(16)15-28-20-6-8-21(9-7-20)29(2,26)27/h3-10,16,19,22,25H,12-15H2,1-2H3/t16-,19?,22?/m1/s1. The van der Waals surface area contributed by atoms with E-state index in [4.69, 9.17) is 10.00 Å². The molecule has 3 atom stereocenters. The minimum atomic E-state index is -3.21. The zero-order chi connectivity index (χ0) is 21.0. The smallest absolute Gasteiger partial charge is 0.175 e. The quantitative estimate of drug-likeness (QED) is 0.749. The molecule has 2 aromatic rings. The number of benzene rings is 2. The number of likely N-dealkylation sites (tertiary alicyclic amines) is 1. The van der Waals surface area contributed by atoms with Gasteiger partial charge in [0.1, 0.15) is 5.75 Å². The number of hydrogen-bond acceptors (Lipinski definition) is 6. The average molecular weight is 415 g/mol. The highest BCUT2D eigenvalue weighted by Gasteiger charge is 2.31. The van der Waals surface area contributed by atoms with Crippen molar-refractivity contribution in [1.82, 2.24) is 4.90 Å². The maximum Gasteiger partial charge on any atom is 0.175 e. The predicted molar refractivity (Wildman–Crippen MR) is 110 cm³/mol. The van der Waals surface area contributed by atoms with Gasteiger partial charge >= 0.3 is 0 Å². The van der Waals surface area contributed by atoms with Crippen LogP contribution in [0.15, 0.2) is 53.4 Å². The SMILES string of the molecule is C[C@@H]1CN(CC(O)c2cccc(C#N)c2)CC1COc1ccc(S(C)(=O)=O)cc1. The van der Waals surface area contributed by atoms with Crippen LogP contribution in [0, 0.1) is 23.2 Å². The zero-order valence-electron chi connectivity index (χ0n) is 16.7. The number of hydrogen-bond donors (Lipinski definition) is 1. The Hall–Kier alpha value is -2.40. The molecule has 7 heteroatoms. The minimum absolute atomic E-state index is 0.278. The van der Waals surface area contributed by atoms with Crippen molar-refractivity contribution in [3.05, 3.63) is 59.7 Å². The van der Waals surface area contributed by atoms with Crippen LogP contribution in [0.5, 0.6) is 5.75 Å². The Bertz CT molecular complexity index is 983. The van der Waals surface area contributed by atoms with Crippen molar-refractivity contribution >= 4 is 9.84 Å². The Labute approximate surface area is 172 Å². The molecule has 1 fully saturated rings. The first-order valence-electron chi connectivity index (χ1n) is 9.59. The Morgan fingerprint density at radius 2 is 1.97 bits per heavy atom. The molecule has 0 saturated carbocycles. The fourth-order valence-corrected chi connectivity index (χ4v) is 4.29. The topological polar surface area (TPSA) is 90.6 Å². The molecular formula is C22H26N2O4S. The molecule has 0 spiro atoms. The van der Waals surface area contributed by atoms with E-state index >= 15 is 0 Å². The molecule has 1 aliphatic heterocycles. The first-order chi connectivity index (χ1) is 13.8. The summed E-state index contributed by atoms with van der Waals surface area (Å²) in [5.74, 6) is 1.39. The third-order valence-corrected chi connectivity index (χ3v) is 6.52. The summed E-state index contributed by atoms with van der Waals surface area (Å²) in [6.07, 6.45) is 0.543. The van der Waals surface area contributed by atoms with Gasteiger partial charge in [-0.2, -0.15) is 5.26 Å². The molecule has 1 saturated heterocycles. The molecule has 1 N–H and O–H groups in total. The van der Waals surface area contributed by atoms with Crippen molar-refractivity contribution in [2.45, 2.75) is 17.9 Å². The van der Waals surface area contributed by atoms with E-state index in [2.05, 4.69) is 17.9 Å². The summed E-state index contributed by atoms with van der Waals surface area (Å²) in [6, 6.07) is 15.7. The molecule has 0 aromatic heterocycles. The number of nitriles is 1. The summed E-state index contributed by atoms with van der Waals surface area (Å²) in [4.78, 5) is 2.49. The molecule has 3 rings (SSSR count). The second-order valence-corrected chi connectivity index (χ2v) is 9.78. The number of nitrogens with zero attached hydrogens (tertiary/aromatic N) is 2. The van der Waals surface area contributed by atoms with Gasteiger partial charge in [-0.1, -0.05) is 19.1 Å². The first kappa shape index (κ1) is 21.3. The van der Waals surface area contributed by atoms with E-state index in [-0.39, 0.29) is 4.90 Å². The molecular weight excluding hydrogens is 388 g/mol. The normalized spacial score (nSPS) is 20.9. The molecule has 2 aromatic carbocycles. The Morgan fingerprint density at radius 1 is 1.24 bits per heavy atom. The van der Waals surface area contributed by atoms with Crippen LogP contribution < -0.4 is 4.74 Å². The van der Waals surface area contributed by atoms with Crippen molar-refractivity contribution in [3.8, 4) is 11.8 Å². The highest BCUT2D eigenvalue weighted by Crippen LogP contribution is 2.27. The molecule has 0 radical (unpaired) electrons. The summed E-state index contributed by atoms with van der Waals surface area (Å²) in [6.45, 7) is 4.91. The molecule has 6 nitrogen and oxygen atoms in total. The Morgan fingerprint density at radius 3 is 2.62 bits per heavy atom. The maximum atomic E-state index is 11.5. The van der Waals surface area contributed by atoms with Gasteiger partial charge in [-0.25, -0.2) is 8.42 Å². The van der Waals surface area contributed by atoms with Gasteiger partial charge in [0.25, 0.3) is 0 Å².